The van der Waals surface area contributed by atoms with Crippen LogP contribution in [0, 0.1) is 5.82 Å². The number of halogens is 1. The summed E-state index contributed by atoms with van der Waals surface area (Å²) < 4.78 is 23.6. The molecule has 0 fully saturated rings. The number of nitrogens with two attached hydrogens (primary N) is 1. The number of methoxy groups -OCH3 is 2. The molecule has 0 radical (unpaired) electrons. The van der Waals surface area contributed by atoms with E-state index in [1.54, 1.807) is 6.07 Å². The highest BCUT2D eigenvalue weighted by Crippen LogP contribution is 2.27. The Labute approximate surface area is 94.1 Å². The summed E-state index contributed by atoms with van der Waals surface area (Å²) in [5.41, 5.74) is 1.26. The molecule has 16 heavy (non-hydrogen) atoms. The van der Waals surface area contributed by atoms with Crippen molar-refractivity contribution in [2.24, 2.45) is 5.90 Å². The van der Waals surface area contributed by atoms with Crippen LogP contribution in [0.2, 0.25) is 0 Å². The van der Waals surface area contributed by atoms with Crippen molar-refractivity contribution in [1.82, 2.24) is 0 Å². The van der Waals surface area contributed by atoms with Gasteiger partial charge in [-0.3, -0.25) is 0 Å². The van der Waals surface area contributed by atoms with Gasteiger partial charge in [0.25, 0.3) is 0 Å². The van der Waals surface area contributed by atoms with Gasteiger partial charge in [0.1, 0.15) is 11.6 Å². The van der Waals surface area contributed by atoms with Crippen LogP contribution in [0.1, 0.15) is 11.1 Å². The maximum atomic E-state index is 13.5. The molecule has 1 aromatic carbocycles. The zero-order valence-electron chi connectivity index (χ0n) is 9.46. The molecule has 0 saturated carbocycles. The average molecular weight is 229 g/mol. The van der Waals surface area contributed by atoms with Crippen LogP contribution >= 0.6 is 0 Å². The lowest BCUT2D eigenvalue weighted by molar-refractivity contribution is 0.140. The third-order valence-corrected chi connectivity index (χ3v) is 2.27. The summed E-state index contributed by atoms with van der Waals surface area (Å²) >= 11 is 0. The van der Waals surface area contributed by atoms with Gasteiger partial charge < -0.3 is 14.3 Å². The lowest BCUT2D eigenvalue weighted by Gasteiger charge is -2.13. The predicted molar refractivity (Wildman–Crippen MR) is 57.5 cm³/mol. The Morgan fingerprint density at radius 2 is 2.06 bits per heavy atom. The second-order valence-electron chi connectivity index (χ2n) is 3.27. The van der Waals surface area contributed by atoms with E-state index < -0.39 is 0 Å². The molecule has 0 atom stereocenters. The van der Waals surface area contributed by atoms with Gasteiger partial charge in [-0.15, -0.1) is 0 Å². The minimum atomic E-state index is -0.337. The summed E-state index contributed by atoms with van der Waals surface area (Å²) in [5.74, 6) is 5.12. The van der Waals surface area contributed by atoms with Gasteiger partial charge in [-0.1, -0.05) is 6.07 Å². The Bertz CT molecular complexity index is 344. The van der Waals surface area contributed by atoms with Gasteiger partial charge in [0, 0.05) is 13.5 Å². The molecule has 4 nitrogen and oxygen atoms in total. The molecule has 0 aliphatic carbocycles. The molecule has 0 bridgehead atoms. The zero-order valence-corrected chi connectivity index (χ0v) is 9.46. The van der Waals surface area contributed by atoms with Gasteiger partial charge in [-0.05, 0) is 11.6 Å². The fourth-order valence-corrected chi connectivity index (χ4v) is 1.55. The highest BCUT2D eigenvalue weighted by atomic mass is 19.1. The van der Waals surface area contributed by atoms with Gasteiger partial charge >= 0.3 is 0 Å². The molecule has 90 valence electrons. The van der Waals surface area contributed by atoms with Gasteiger partial charge in [-0.25, -0.2) is 10.3 Å². The van der Waals surface area contributed by atoms with Crippen LogP contribution < -0.4 is 10.6 Å². The predicted octanol–water partition coefficient (Wildman–Crippen LogP) is 1.41. The number of hydrogen-bond donors (Lipinski definition) is 1. The quantitative estimate of drug-likeness (QED) is 0.749. The third kappa shape index (κ3) is 2.91. The first kappa shape index (κ1) is 12.9. The second-order valence-corrected chi connectivity index (χ2v) is 3.27. The van der Waals surface area contributed by atoms with E-state index in [1.165, 1.54) is 20.3 Å². The Hall–Kier alpha value is -1.17. The van der Waals surface area contributed by atoms with Crippen molar-refractivity contribution in [1.29, 1.82) is 0 Å². The normalized spacial score (nSPS) is 10.5. The van der Waals surface area contributed by atoms with Crippen molar-refractivity contribution in [3.63, 3.8) is 0 Å². The van der Waals surface area contributed by atoms with E-state index in [0.717, 1.165) is 5.56 Å². The third-order valence-electron chi connectivity index (χ3n) is 2.27. The molecular formula is C11H16FNO3. The summed E-state index contributed by atoms with van der Waals surface area (Å²) in [4.78, 5) is 4.49. The van der Waals surface area contributed by atoms with Crippen LogP contribution in [-0.2, 0) is 22.6 Å². The van der Waals surface area contributed by atoms with E-state index in [1.807, 2.05) is 0 Å². The molecular weight excluding hydrogens is 213 g/mol. The fourth-order valence-electron chi connectivity index (χ4n) is 1.55. The second kappa shape index (κ2) is 6.42. The minimum absolute atomic E-state index is 0.173. The Morgan fingerprint density at radius 1 is 1.31 bits per heavy atom. The molecule has 0 aromatic heterocycles. The number of ether oxygens (including phenoxy) is 2. The van der Waals surface area contributed by atoms with Crippen LogP contribution in [-0.4, -0.2) is 20.8 Å². The SMILES string of the molecule is COCc1c(F)ccc(CCON)c1OC. The Balaban J connectivity index is 3.04. The van der Waals surface area contributed by atoms with Crippen LogP contribution in [0.3, 0.4) is 0 Å². The Morgan fingerprint density at radius 3 is 2.62 bits per heavy atom. The monoisotopic (exact) mass is 229 g/mol. The maximum Gasteiger partial charge on any atom is 0.132 e. The number of rotatable bonds is 6. The van der Waals surface area contributed by atoms with Crippen molar-refractivity contribution in [3.05, 3.63) is 29.1 Å². The van der Waals surface area contributed by atoms with Crippen molar-refractivity contribution >= 4 is 0 Å². The molecule has 0 aliphatic heterocycles. The minimum Gasteiger partial charge on any atom is -0.496 e. The van der Waals surface area contributed by atoms with Crippen molar-refractivity contribution in [2.45, 2.75) is 13.0 Å². The number of hydrogen-bond acceptors (Lipinski definition) is 4. The summed E-state index contributed by atoms with van der Waals surface area (Å²) in [6.07, 6.45) is 0.566. The van der Waals surface area contributed by atoms with Crippen LogP contribution in [0.5, 0.6) is 5.75 Å². The molecule has 2 N–H and O–H groups in total. The van der Waals surface area contributed by atoms with E-state index in [0.29, 0.717) is 24.3 Å². The highest BCUT2D eigenvalue weighted by molar-refractivity contribution is 5.42. The van der Waals surface area contributed by atoms with Crippen molar-refractivity contribution < 1.29 is 18.7 Å². The molecule has 1 rings (SSSR count). The van der Waals surface area contributed by atoms with Gasteiger partial charge in [0.05, 0.1) is 25.9 Å². The summed E-state index contributed by atoms with van der Waals surface area (Å²) in [6, 6.07) is 3.05. The van der Waals surface area contributed by atoms with Crippen LogP contribution in [0.15, 0.2) is 12.1 Å². The summed E-state index contributed by atoms with van der Waals surface area (Å²) in [6.45, 7) is 0.529. The fraction of sp³-hybridized carbons (Fsp3) is 0.455. The lowest BCUT2D eigenvalue weighted by Crippen LogP contribution is -2.07. The highest BCUT2D eigenvalue weighted by Gasteiger charge is 2.13. The largest absolute Gasteiger partial charge is 0.496 e. The average Bonchev–Trinajstić information content (AvgIpc) is 2.30. The first-order valence-electron chi connectivity index (χ1n) is 4.89. The standard InChI is InChI=1S/C11H16FNO3/c1-14-7-9-10(12)4-3-8(5-6-16-13)11(9)15-2/h3-4H,5-7,13H2,1-2H3. The Kier molecular flexibility index (Phi) is 5.18. The molecule has 1 aromatic rings. The van der Waals surface area contributed by atoms with E-state index in [-0.39, 0.29) is 12.4 Å². The van der Waals surface area contributed by atoms with E-state index in [4.69, 9.17) is 15.4 Å². The van der Waals surface area contributed by atoms with E-state index in [9.17, 15) is 4.39 Å². The maximum absolute atomic E-state index is 13.5. The smallest absolute Gasteiger partial charge is 0.132 e. The van der Waals surface area contributed by atoms with Gasteiger partial charge in [0.2, 0.25) is 0 Å². The molecule has 0 saturated heterocycles. The molecule has 0 spiro atoms. The van der Waals surface area contributed by atoms with Crippen LogP contribution in [0.4, 0.5) is 4.39 Å². The molecule has 0 amide bonds. The number of benzene rings is 1. The molecule has 0 aliphatic rings. The van der Waals surface area contributed by atoms with Gasteiger partial charge in [-0.2, -0.15) is 0 Å². The summed E-state index contributed by atoms with van der Waals surface area (Å²) in [5, 5.41) is 0. The zero-order chi connectivity index (χ0) is 12.0. The topological polar surface area (TPSA) is 53.7 Å². The first-order valence-corrected chi connectivity index (χ1v) is 4.89. The van der Waals surface area contributed by atoms with Crippen molar-refractivity contribution in [2.75, 3.05) is 20.8 Å². The van der Waals surface area contributed by atoms with E-state index in [2.05, 4.69) is 4.84 Å². The van der Waals surface area contributed by atoms with Gasteiger partial charge in [0.15, 0.2) is 0 Å². The first-order chi connectivity index (χ1) is 7.74. The molecule has 0 heterocycles. The van der Waals surface area contributed by atoms with Crippen molar-refractivity contribution in [3.8, 4) is 5.75 Å². The van der Waals surface area contributed by atoms with Crippen LogP contribution in [0.25, 0.3) is 0 Å². The molecule has 0 unspecified atom stereocenters. The summed E-state index contributed by atoms with van der Waals surface area (Å²) in [7, 11) is 3.01. The molecule has 5 heteroatoms. The van der Waals surface area contributed by atoms with E-state index >= 15 is 0 Å². The lowest BCUT2D eigenvalue weighted by atomic mass is 10.1.